The number of benzene rings is 2. The van der Waals surface area contributed by atoms with Crippen molar-refractivity contribution in [2.75, 3.05) is 0 Å². The maximum Gasteiger partial charge on any atom is 2.00 e. The molecule has 31 heavy (non-hydrogen) atoms. The number of hydrogen-bond donors (Lipinski definition) is 0. The van der Waals surface area contributed by atoms with E-state index in [-0.39, 0.29) is 31.6 Å². The molecule has 0 fully saturated rings. The van der Waals surface area contributed by atoms with Gasteiger partial charge in [-0.1, -0.05) is 90.5 Å². The molecule has 0 aliphatic rings. The van der Waals surface area contributed by atoms with Crippen LogP contribution in [0.1, 0.15) is 43.0 Å². The normalized spacial score (nSPS) is 10.5. The van der Waals surface area contributed by atoms with Crippen LogP contribution in [0.4, 0.5) is 0 Å². The average molecular weight is 504 g/mol. The van der Waals surface area contributed by atoms with E-state index in [1.807, 2.05) is 0 Å². The van der Waals surface area contributed by atoms with Gasteiger partial charge in [-0.3, -0.25) is 0 Å². The van der Waals surface area contributed by atoms with Crippen LogP contribution in [-0.4, -0.2) is 9.52 Å². The van der Waals surface area contributed by atoms with Crippen molar-refractivity contribution in [1.29, 1.82) is 0 Å². The molecule has 0 N–H and O–H groups in total. The van der Waals surface area contributed by atoms with E-state index in [2.05, 4.69) is 127 Å². The monoisotopic (exact) mass is 502 g/mol. The molecule has 0 amide bonds. The molecule has 0 atom stereocenters. The minimum atomic E-state index is 0. The van der Waals surface area contributed by atoms with E-state index >= 15 is 0 Å². The van der Waals surface area contributed by atoms with Crippen LogP contribution in [0.5, 0.6) is 0 Å². The molecular weight excluding hydrogens is 468 g/mol. The van der Waals surface area contributed by atoms with E-state index in [1.54, 1.807) is 0 Å². The van der Waals surface area contributed by atoms with Gasteiger partial charge in [0.1, 0.15) is 0 Å². The second-order valence-corrected chi connectivity index (χ2v) is 10.1. The van der Waals surface area contributed by atoms with Gasteiger partial charge in [-0.25, -0.2) is 11.6 Å². The molecule has 0 nitrogen and oxygen atoms in total. The molecule has 0 heterocycles. The van der Waals surface area contributed by atoms with Crippen molar-refractivity contribution in [1.82, 2.24) is 0 Å². The van der Waals surface area contributed by atoms with Crippen LogP contribution in [0.25, 0.3) is 21.9 Å². The Hall–Kier alpha value is -1.50. The Morgan fingerprint density at radius 1 is 0.806 bits per heavy atom. The first-order valence-electron chi connectivity index (χ1n) is 10.7. The average Bonchev–Trinajstić information content (AvgIpc) is 3.25. The standard InChI is InChI=1S/C20H21.C7H9.C2H6Si.Zr/c1-14-12-16-6-5-7-18(19(16)13-14)15-8-10-17(11-9-15)20(2,3)4;1-6-3-4-7(2)5-6;1-3-2;/h5-13H,1-4H3;3-5H,1-2H3;1-2H3;/q2*-1;;+2. The van der Waals surface area contributed by atoms with Crippen molar-refractivity contribution < 1.29 is 26.2 Å². The van der Waals surface area contributed by atoms with Gasteiger partial charge in [-0.2, -0.15) is 23.8 Å². The molecule has 2 heteroatoms. The Morgan fingerprint density at radius 3 is 1.87 bits per heavy atom. The first-order chi connectivity index (χ1) is 14.2. The summed E-state index contributed by atoms with van der Waals surface area (Å²) in [6.45, 7) is 17.4. The molecule has 0 aliphatic carbocycles. The molecule has 160 valence electrons. The van der Waals surface area contributed by atoms with Gasteiger partial charge in [0.2, 0.25) is 0 Å². The van der Waals surface area contributed by atoms with Crippen molar-refractivity contribution in [3.05, 3.63) is 95.1 Å². The summed E-state index contributed by atoms with van der Waals surface area (Å²) in [7, 11) is 1.08. The van der Waals surface area contributed by atoms with Crippen molar-refractivity contribution >= 4 is 20.3 Å². The van der Waals surface area contributed by atoms with Crippen molar-refractivity contribution in [2.45, 2.75) is 60.1 Å². The summed E-state index contributed by atoms with van der Waals surface area (Å²) >= 11 is 0. The summed E-state index contributed by atoms with van der Waals surface area (Å²) < 4.78 is 0. The first kappa shape index (κ1) is 27.5. The van der Waals surface area contributed by atoms with Crippen LogP contribution in [0, 0.1) is 20.8 Å². The molecule has 0 aromatic heterocycles. The van der Waals surface area contributed by atoms with Crippen LogP contribution in [-0.2, 0) is 31.6 Å². The molecule has 4 aromatic rings. The zero-order valence-electron chi connectivity index (χ0n) is 20.4. The second-order valence-electron chi connectivity index (χ2n) is 9.13. The topological polar surface area (TPSA) is 0 Å². The summed E-state index contributed by atoms with van der Waals surface area (Å²) in [5.41, 5.74) is 8.27. The molecule has 0 saturated carbocycles. The van der Waals surface area contributed by atoms with Crippen molar-refractivity contribution in [2.24, 2.45) is 0 Å². The van der Waals surface area contributed by atoms with Crippen molar-refractivity contribution in [3.8, 4) is 11.1 Å². The second kappa shape index (κ2) is 12.5. The van der Waals surface area contributed by atoms with E-state index < -0.39 is 0 Å². The molecule has 0 saturated heterocycles. The van der Waals surface area contributed by atoms with Gasteiger partial charge in [0.05, 0.1) is 0 Å². The third kappa shape index (κ3) is 8.17. The Bertz CT molecular complexity index is 1030. The van der Waals surface area contributed by atoms with Crippen molar-refractivity contribution in [3.63, 3.8) is 0 Å². The maximum atomic E-state index is 2.28. The first-order valence-corrected chi connectivity index (χ1v) is 12.7. The predicted molar refractivity (Wildman–Crippen MR) is 137 cm³/mol. The van der Waals surface area contributed by atoms with Crippen LogP contribution in [0.2, 0.25) is 13.1 Å². The fourth-order valence-electron chi connectivity index (χ4n) is 3.50. The van der Waals surface area contributed by atoms with E-state index in [1.165, 1.54) is 44.2 Å². The zero-order valence-corrected chi connectivity index (χ0v) is 23.9. The molecule has 0 bridgehead atoms. The van der Waals surface area contributed by atoms with Crippen LogP contribution in [0.3, 0.4) is 0 Å². The summed E-state index contributed by atoms with van der Waals surface area (Å²) in [4.78, 5) is 0. The summed E-state index contributed by atoms with van der Waals surface area (Å²) in [6.07, 6.45) is 0. The Kier molecular flexibility index (Phi) is 11.1. The third-order valence-corrected chi connectivity index (χ3v) is 5.02. The number of fused-ring (bicyclic) bond motifs is 1. The molecular formula is C29H36SiZr. The summed E-state index contributed by atoms with van der Waals surface area (Å²) in [6, 6.07) is 26.5. The van der Waals surface area contributed by atoms with Gasteiger partial charge < -0.3 is 0 Å². The molecule has 4 rings (SSSR count). The molecule has 2 radical (unpaired) electrons. The fourth-order valence-corrected chi connectivity index (χ4v) is 3.50. The Labute approximate surface area is 211 Å². The molecule has 0 aliphatic heterocycles. The van der Waals surface area contributed by atoms with Gasteiger partial charge in [0.15, 0.2) is 0 Å². The van der Waals surface area contributed by atoms with E-state index in [4.69, 9.17) is 0 Å². The quantitative estimate of drug-likeness (QED) is 0.180. The van der Waals surface area contributed by atoms with Gasteiger partial charge in [0.25, 0.3) is 0 Å². The fraction of sp³-hybridized carbons (Fsp3) is 0.310. The number of aryl methyl sites for hydroxylation is 3. The zero-order chi connectivity index (χ0) is 22.3. The van der Waals surface area contributed by atoms with Gasteiger partial charge in [-0.05, 0) is 16.5 Å². The largest absolute Gasteiger partial charge is 2.00 e. The summed E-state index contributed by atoms with van der Waals surface area (Å²) in [5, 5.41) is 2.69. The molecule has 0 spiro atoms. The minimum absolute atomic E-state index is 0. The molecule has 4 aromatic carbocycles. The molecule has 0 unspecified atom stereocenters. The third-order valence-electron chi connectivity index (χ3n) is 5.02. The Balaban J connectivity index is 0.000000366. The van der Waals surface area contributed by atoms with Crippen LogP contribution < -0.4 is 0 Å². The Morgan fingerprint density at radius 2 is 1.42 bits per heavy atom. The number of rotatable bonds is 1. The van der Waals surface area contributed by atoms with Gasteiger partial charge in [0, 0.05) is 9.52 Å². The predicted octanol–water partition coefficient (Wildman–Crippen LogP) is 8.64. The van der Waals surface area contributed by atoms with E-state index in [0.29, 0.717) is 0 Å². The van der Waals surface area contributed by atoms with E-state index in [0.717, 1.165) is 9.52 Å². The summed E-state index contributed by atoms with van der Waals surface area (Å²) in [5.74, 6) is 0. The SMILES string of the molecule is C[Si]C.Cc1c[cH-]c(C)c1.Cc1cc2c(-c3ccc(C(C)(C)C)cc3)cccc2[cH-]1.[Zr+2]. The van der Waals surface area contributed by atoms with Gasteiger partial charge in [-0.15, -0.1) is 34.5 Å². The number of hydrogen-bond acceptors (Lipinski definition) is 0. The van der Waals surface area contributed by atoms with Gasteiger partial charge >= 0.3 is 26.2 Å². The maximum absolute atomic E-state index is 2.28. The van der Waals surface area contributed by atoms with Crippen LogP contribution >= 0.6 is 0 Å². The minimum Gasteiger partial charge on any atom is -0.208 e. The van der Waals surface area contributed by atoms with Crippen LogP contribution in [0.15, 0.2) is 72.8 Å². The van der Waals surface area contributed by atoms with E-state index in [9.17, 15) is 0 Å². The smallest absolute Gasteiger partial charge is 0.208 e.